The minimum absolute atomic E-state index is 0.601. The van der Waals surface area contributed by atoms with Crippen LogP contribution in [0.25, 0.3) is 0 Å². The predicted molar refractivity (Wildman–Crippen MR) is 48.7 cm³/mol. The lowest BCUT2D eigenvalue weighted by molar-refractivity contribution is 0.565. The Morgan fingerprint density at radius 2 is 1.83 bits per heavy atom. The maximum atomic E-state index is 9.96. The highest BCUT2D eigenvalue weighted by molar-refractivity contribution is 6.32. The van der Waals surface area contributed by atoms with Crippen molar-refractivity contribution in [2.45, 2.75) is 13.8 Å². The molecule has 0 N–H and O–H groups in total. The lowest BCUT2D eigenvalue weighted by Gasteiger charge is -2.02. The van der Waals surface area contributed by atoms with E-state index >= 15 is 0 Å². The predicted octanol–water partition coefficient (Wildman–Crippen LogP) is 2.92. The van der Waals surface area contributed by atoms with E-state index in [1.54, 1.807) is 12.1 Å². The third-order valence-corrected chi connectivity index (χ3v) is 2.19. The fourth-order valence-corrected chi connectivity index (χ4v) is 1.15. The minimum Gasteiger partial charge on any atom is -0.211 e. The Kier molecular flexibility index (Phi) is 2.64. The molecule has 0 fully saturated rings. The van der Waals surface area contributed by atoms with E-state index in [0.717, 1.165) is 16.1 Å². The lowest BCUT2D eigenvalue weighted by atomic mass is 10.1. The van der Waals surface area contributed by atoms with Gasteiger partial charge in [-0.1, -0.05) is 11.6 Å². The molecule has 0 aliphatic rings. The number of halogens is 1. The molecule has 0 aliphatic carbocycles. The molecule has 0 amide bonds. The second-order valence-electron chi connectivity index (χ2n) is 2.60. The van der Waals surface area contributed by atoms with Gasteiger partial charge in [0.1, 0.15) is 0 Å². The minimum atomic E-state index is 0.601. The van der Waals surface area contributed by atoms with Crippen molar-refractivity contribution in [3.8, 4) is 0 Å². The molecule has 3 heteroatoms. The van der Waals surface area contributed by atoms with Crippen molar-refractivity contribution >= 4 is 23.4 Å². The number of hydrogen-bond acceptors (Lipinski definition) is 2. The number of isocyanates is 1. The summed E-state index contributed by atoms with van der Waals surface area (Å²) < 4.78 is 0. The highest BCUT2D eigenvalue weighted by Crippen LogP contribution is 2.25. The van der Waals surface area contributed by atoms with Gasteiger partial charge in [0.15, 0.2) is 0 Å². The summed E-state index contributed by atoms with van der Waals surface area (Å²) in [5.41, 5.74) is 2.45. The van der Waals surface area contributed by atoms with Crippen LogP contribution in [0.2, 0.25) is 5.02 Å². The summed E-state index contributed by atoms with van der Waals surface area (Å²) >= 11 is 5.91. The van der Waals surface area contributed by atoms with Gasteiger partial charge in [-0.2, -0.15) is 4.99 Å². The third-order valence-electron chi connectivity index (χ3n) is 1.60. The second kappa shape index (κ2) is 3.53. The number of aryl methyl sites for hydroxylation is 2. The average Bonchev–Trinajstić information content (AvgIpc) is 2.01. The molecule has 0 bridgehead atoms. The molecule has 1 rings (SSSR count). The van der Waals surface area contributed by atoms with Gasteiger partial charge in [-0.05, 0) is 37.1 Å². The van der Waals surface area contributed by atoms with E-state index in [1.165, 1.54) is 6.08 Å². The lowest BCUT2D eigenvalue weighted by Crippen LogP contribution is -1.80. The molecule has 0 spiro atoms. The van der Waals surface area contributed by atoms with Gasteiger partial charge in [0.25, 0.3) is 0 Å². The monoisotopic (exact) mass is 181 g/mol. The van der Waals surface area contributed by atoms with Crippen molar-refractivity contribution in [3.63, 3.8) is 0 Å². The summed E-state index contributed by atoms with van der Waals surface area (Å²) in [6, 6.07) is 3.50. The Morgan fingerprint density at radius 3 is 2.25 bits per heavy atom. The van der Waals surface area contributed by atoms with E-state index in [0.29, 0.717) is 5.69 Å². The van der Waals surface area contributed by atoms with Crippen molar-refractivity contribution in [1.29, 1.82) is 0 Å². The van der Waals surface area contributed by atoms with E-state index < -0.39 is 0 Å². The maximum absolute atomic E-state index is 9.96. The largest absolute Gasteiger partial charge is 0.240 e. The Bertz CT molecular complexity index is 331. The Morgan fingerprint density at radius 1 is 1.33 bits per heavy atom. The average molecular weight is 182 g/mol. The van der Waals surface area contributed by atoms with E-state index in [9.17, 15) is 4.79 Å². The number of rotatable bonds is 1. The zero-order chi connectivity index (χ0) is 9.14. The summed E-state index contributed by atoms with van der Waals surface area (Å²) in [4.78, 5) is 13.5. The first kappa shape index (κ1) is 8.98. The third kappa shape index (κ3) is 1.73. The SMILES string of the molecule is Cc1cc(N=C=O)cc(C)c1Cl. The first-order valence-electron chi connectivity index (χ1n) is 3.50. The molecular formula is C9H8ClNO. The fourth-order valence-electron chi connectivity index (χ4n) is 1.04. The van der Waals surface area contributed by atoms with Crippen LogP contribution in [-0.4, -0.2) is 6.08 Å². The van der Waals surface area contributed by atoms with Gasteiger partial charge in [0.2, 0.25) is 6.08 Å². The number of nitrogens with zero attached hydrogens (tertiary/aromatic N) is 1. The van der Waals surface area contributed by atoms with Crippen LogP contribution in [0.4, 0.5) is 5.69 Å². The Hall–Kier alpha value is -1.11. The summed E-state index contributed by atoms with van der Waals surface area (Å²) in [6.07, 6.45) is 1.49. The van der Waals surface area contributed by atoms with Crippen molar-refractivity contribution in [2.75, 3.05) is 0 Å². The molecule has 0 saturated carbocycles. The molecule has 1 aromatic rings. The molecule has 1 aromatic carbocycles. The Labute approximate surface area is 75.9 Å². The highest BCUT2D eigenvalue weighted by atomic mass is 35.5. The molecule has 0 unspecified atom stereocenters. The molecule has 62 valence electrons. The van der Waals surface area contributed by atoms with Crippen LogP contribution in [0.15, 0.2) is 17.1 Å². The molecule has 2 nitrogen and oxygen atoms in total. The topological polar surface area (TPSA) is 29.4 Å². The van der Waals surface area contributed by atoms with Crippen LogP contribution in [0, 0.1) is 13.8 Å². The van der Waals surface area contributed by atoms with Gasteiger partial charge in [-0.3, -0.25) is 0 Å². The molecule has 0 aromatic heterocycles. The summed E-state index contributed by atoms with van der Waals surface area (Å²) in [7, 11) is 0. The van der Waals surface area contributed by atoms with Crippen molar-refractivity contribution < 1.29 is 4.79 Å². The number of aliphatic imine (C=N–C) groups is 1. The standard InChI is InChI=1S/C9H8ClNO/c1-6-3-8(11-5-12)4-7(2)9(6)10/h3-4H,1-2H3. The van der Waals surface area contributed by atoms with Crippen LogP contribution in [0.3, 0.4) is 0 Å². The van der Waals surface area contributed by atoms with E-state index in [4.69, 9.17) is 11.6 Å². The first-order valence-corrected chi connectivity index (χ1v) is 3.87. The van der Waals surface area contributed by atoms with Gasteiger partial charge in [-0.15, -0.1) is 0 Å². The molecule has 12 heavy (non-hydrogen) atoms. The zero-order valence-electron chi connectivity index (χ0n) is 6.89. The Balaban J connectivity index is 3.30. The van der Waals surface area contributed by atoms with Crippen LogP contribution < -0.4 is 0 Å². The molecular weight excluding hydrogens is 174 g/mol. The smallest absolute Gasteiger partial charge is 0.211 e. The highest BCUT2D eigenvalue weighted by Gasteiger charge is 2.00. The van der Waals surface area contributed by atoms with Crippen LogP contribution in [-0.2, 0) is 4.79 Å². The molecule has 0 radical (unpaired) electrons. The number of benzene rings is 1. The van der Waals surface area contributed by atoms with Crippen molar-refractivity contribution in [2.24, 2.45) is 4.99 Å². The molecule has 0 saturated heterocycles. The molecule has 0 aliphatic heterocycles. The van der Waals surface area contributed by atoms with Gasteiger partial charge in [0.05, 0.1) is 5.69 Å². The van der Waals surface area contributed by atoms with E-state index in [-0.39, 0.29) is 0 Å². The van der Waals surface area contributed by atoms with Gasteiger partial charge in [-0.25, -0.2) is 4.79 Å². The zero-order valence-corrected chi connectivity index (χ0v) is 7.64. The molecule has 0 heterocycles. The number of hydrogen-bond donors (Lipinski definition) is 0. The molecule has 0 atom stereocenters. The van der Waals surface area contributed by atoms with Gasteiger partial charge < -0.3 is 0 Å². The number of carbonyl (C=O) groups excluding carboxylic acids is 1. The van der Waals surface area contributed by atoms with E-state index in [1.807, 2.05) is 13.8 Å². The summed E-state index contributed by atoms with van der Waals surface area (Å²) in [5.74, 6) is 0. The van der Waals surface area contributed by atoms with Crippen LogP contribution in [0.5, 0.6) is 0 Å². The normalized spacial score (nSPS) is 9.25. The quantitative estimate of drug-likeness (QED) is 0.484. The second-order valence-corrected chi connectivity index (χ2v) is 2.97. The van der Waals surface area contributed by atoms with Gasteiger partial charge in [0, 0.05) is 5.02 Å². The van der Waals surface area contributed by atoms with Crippen molar-refractivity contribution in [3.05, 3.63) is 28.3 Å². The maximum Gasteiger partial charge on any atom is 0.240 e. The summed E-state index contributed by atoms with van der Waals surface area (Å²) in [6.45, 7) is 3.75. The first-order chi connectivity index (χ1) is 5.65. The van der Waals surface area contributed by atoms with E-state index in [2.05, 4.69) is 4.99 Å². The van der Waals surface area contributed by atoms with Crippen LogP contribution >= 0.6 is 11.6 Å². The van der Waals surface area contributed by atoms with Crippen molar-refractivity contribution in [1.82, 2.24) is 0 Å². The summed E-state index contributed by atoms with van der Waals surface area (Å²) in [5, 5.41) is 0.722. The fraction of sp³-hybridized carbons (Fsp3) is 0.222. The van der Waals surface area contributed by atoms with Gasteiger partial charge >= 0.3 is 0 Å². The van der Waals surface area contributed by atoms with Crippen LogP contribution in [0.1, 0.15) is 11.1 Å².